The topological polar surface area (TPSA) is 67.9 Å². The molecule has 1 unspecified atom stereocenters. The molecule has 1 fully saturated rings. The lowest BCUT2D eigenvalue weighted by Crippen LogP contribution is -2.47. The summed E-state index contributed by atoms with van der Waals surface area (Å²) in [5.41, 5.74) is 1.08. The summed E-state index contributed by atoms with van der Waals surface area (Å²) in [7, 11) is 0. The summed E-state index contributed by atoms with van der Waals surface area (Å²) in [6.07, 6.45) is 3.43. The highest BCUT2D eigenvalue weighted by Crippen LogP contribution is 2.27. The standard InChI is InChI=1S/C27H36N2O4/c1-3-23(21-11-6-5-7-12-21)27(31)29-18-16-22(17-19-29)28-26(30)15-10-20-33-25-14-9-8-13-24(25)32-4-2/h5-9,11-14,22-23H,3-4,10,15-20H2,1-2H3,(H,28,30). The van der Waals surface area contributed by atoms with Crippen LogP contribution < -0.4 is 14.8 Å². The van der Waals surface area contributed by atoms with Gasteiger partial charge < -0.3 is 19.7 Å². The van der Waals surface area contributed by atoms with Gasteiger partial charge in [0.25, 0.3) is 0 Å². The summed E-state index contributed by atoms with van der Waals surface area (Å²) in [5, 5.41) is 3.13. The number of nitrogens with zero attached hydrogens (tertiary/aromatic N) is 1. The molecule has 0 aromatic heterocycles. The number of nitrogens with one attached hydrogen (secondary N) is 1. The van der Waals surface area contributed by atoms with Crippen LogP contribution in [0.3, 0.4) is 0 Å². The van der Waals surface area contributed by atoms with Crippen LogP contribution in [0.5, 0.6) is 11.5 Å². The van der Waals surface area contributed by atoms with Crippen LogP contribution in [0.25, 0.3) is 0 Å². The van der Waals surface area contributed by atoms with Crippen molar-refractivity contribution in [3.05, 3.63) is 60.2 Å². The summed E-state index contributed by atoms with van der Waals surface area (Å²) >= 11 is 0. The first-order valence-corrected chi connectivity index (χ1v) is 12.1. The maximum absolute atomic E-state index is 13.0. The van der Waals surface area contributed by atoms with Gasteiger partial charge in [0.05, 0.1) is 19.1 Å². The van der Waals surface area contributed by atoms with Crippen LogP contribution in [-0.4, -0.2) is 49.1 Å². The van der Waals surface area contributed by atoms with Crippen molar-refractivity contribution in [1.29, 1.82) is 0 Å². The molecule has 2 aromatic rings. The van der Waals surface area contributed by atoms with Gasteiger partial charge in [0.2, 0.25) is 11.8 Å². The first-order valence-electron chi connectivity index (χ1n) is 12.1. The Kier molecular flexibility index (Phi) is 9.60. The van der Waals surface area contributed by atoms with Gasteiger partial charge in [0, 0.05) is 25.6 Å². The first-order chi connectivity index (χ1) is 16.1. The van der Waals surface area contributed by atoms with Gasteiger partial charge in [-0.25, -0.2) is 0 Å². The minimum atomic E-state index is -0.0924. The first kappa shape index (κ1) is 24.6. The molecule has 1 aliphatic rings. The van der Waals surface area contributed by atoms with Crippen molar-refractivity contribution in [2.45, 2.75) is 57.9 Å². The summed E-state index contributed by atoms with van der Waals surface area (Å²) < 4.78 is 11.3. The molecule has 2 aromatic carbocycles. The van der Waals surface area contributed by atoms with Crippen LogP contribution >= 0.6 is 0 Å². The fourth-order valence-electron chi connectivity index (χ4n) is 4.26. The number of para-hydroxylation sites is 2. The zero-order valence-electron chi connectivity index (χ0n) is 19.8. The number of carbonyl (C=O) groups excluding carboxylic acids is 2. The van der Waals surface area contributed by atoms with Crippen LogP contribution in [-0.2, 0) is 9.59 Å². The van der Waals surface area contributed by atoms with E-state index in [2.05, 4.69) is 12.2 Å². The average Bonchev–Trinajstić information content (AvgIpc) is 2.84. The predicted molar refractivity (Wildman–Crippen MR) is 130 cm³/mol. The molecular formula is C27H36N2O4. The maximum Gasteiger partial charge on any atom is 0.230 e. The zero-order valence-corrected chi connectivity index (χ0v) is 19.8. The molecule has 0 saturated carbocycles. The smallest absolute Gasteiger partial charge is 0.230 e. The Morgan fingerprint density at radius 2 is 1.61 bits per heavy atom. The summed E-state index contributed by atoms with van der Waals surface area (Å²) in [6.45, 7) is 6.41. The molecule has 6 nitrogen and oxygen atoms in total. The van der Waals surface area contributed by atoms with Crippen molar-refractivity contribution in [2.24, 2.45) is 0 Å². The van der Waals surface area contributed by atoms with E-state index < -0.39 is 0 Å². The highest BCUT2D eigenvalue weighted by Gasteiger charge is 2.28. The number of piperidine rings is 1. The quantitative estimate of drug-likeness (QED) is 0.508. The van der Waals surface area contributed by atoms with Crippen molar-refractivity contribution in [2.75, 3.05) is 26.3 Å². The van der Waals surface area contributed by atoms with Gasteiger partial charge >= 0.3 is 0 Å². The van der Waals surface area contributed by atoms with Gasteiger partial charge in [-0.3, -0.25) is 9.59 Å². The number of ether oxygens (including phenoxy) is 2. The van der Waals surface area contributed by atoms with E-state index in [0.717, 1.165) is 30.6 Å². The van der Waals surface area contributed by atoms with Crippen LogP contribution in [0.1, 0.15) is 57.4 Å². The van der Waals surface area contributed by atoms with E-state index in [1.165, 1.54) is 0 Å². The second kappa shape index (κ2) is 12.9. The van der Waals surface area contributed by atoms with Crippen LogP contribution in [0.2, 0.25) is 0 Å². The molecule has 0 radical (unpaired) electrons. The highest BCUT2D eigenvalue weighted by atomic mass is 16.5. The average molecular weight is 453 g/mol. The summed E-state index contributed by atoms with van der Waals surface area (Å²) in [6, 6.07) is 17.7. The monoisotopic (exact) mass is 452 g/mol. The van der Waals surface area contributed by atoms with E-state index in [4.69, 9.17) is 9.47 Å². The van der Waals surface area contributed by atoms with Crippen molar-refractivity contribution in [3.8, 4) is 11.5 Å². The molecule has 1 N–H and O–H groups in total. The number of carbonyl (C=O) groups is 2. The lowest BCUT2D eigenvalue weighted by molar-refractivity contribution is -0.134. The summed E-state index contributed by atoms with van der Waals surface area (Å²) in [4.78, 5) is 27.4. The zero-order chi connectivity index (χ0) is 23.5. The molecule has 0 aliphatic carbocycles. The molecule has 3 rings (SSSR count). The Bertz CT molecular complexity index is 879. The van der Waals surface area contributed by atoms with Crippen LogP contribution in [0.4, 0.5) is 0 Å². The van der Waals surface area contributed by atoms with Crippen molar-refractivity contribution < 1.29 is 19.1 Å². The molecule has 1 atom stereocenters. The van der Waals surface area contributed by atoms with Gasteiger partial charge in [-0.1, -0.05) is 49.4 Å². The Balaban J connectivity index is 1.37. The van der Waals surface area contributed by atoms with Crippen LogP contribution in [0, 0.1) is 0 Å². The van der Waals surface area contributed by atoms with Crippen molar-refractivity contribution in [3.63, 3.8) is 0 Å². The number of hydrogen-bond acceptors (Lipinski definition) is 4. The SMILES string of the molecule is CCOc1ccccc1OCCCC(=O)NC1CCN(C(=O)C(CC)c2ccccc2)CC1. The van der Waals surface area contributed by atoms with Crippen molar-refractivity contribution in [1.82, 2.24) is 10.2 Å². The minimum Gasteiger partial charge on any atom is -0.490 e. The minimum absolute atomic E-state index is 0.0391. The van der Waals surface area contributed by atoms with Crippen LogP contribution in [0.15, 0.2) is 54.6 Å². The van der Waals surface area contributed by atoms with Gasteiger partial charge in [0.1, 0.15) is 0 Å². The Hall–Kier alpha value is -3.02. The third kappa shape index (κ3) is 7.24. The fraction of sp³-hybridized carbons (Fsp3) is 0.481. The Labute approximate surface area is 197 Å². The second-order valence-corrected chi connectivity index (χ2v) is 8.37. The highest BCUT2D eigenvalue weighted by molar-refractivity contribution is 5.84. The number of rotatable bonds is 11. The molecule has 178 valence electrons. The fourth-order valence-corrected chi connectivity index (χ4v) is 4.26. The number of hydrogen-bond donors (Lipinski definition) is 1. The lowest BCUT2D eigenvalue weighted by atomic mass is 9.93. The summed E-state index contributed by atoms with van der Waals surface area (Å²) in [5.74, 6) is 1.57. The molecule has 6 heteroatoms. The normalized spacial score (nSPS) is 15.0. The van der Waals surface area contributed by atoms with Crippen molar-refractivity contribution >= 4 is 11.8 Å². The molecule has 0 spiro atoms. The Morgan fingerprint density at radius 1 is 0.970 bits per heavy atom. The lowest BCUT2D eigenvalue weighted by Gasteiger charge is -2.34. The predicted octanol–water partition coefficient (Wildman–Crippen LogP) is 4.55. The van der Waals surface area contributed by atoms with E-state index in [9.17, 15) is 9.59 Å². The van der Waals surface area contributed by atoms with E-state index in [-0.39, 0.29) is 23.8 Å². The van der Waals surface area contributed by atoms with Gasteiger partial charge in [0.15, 0.2) is 11.5 Å². The van der Waals surface area contributed by atoms with E-state index in [1.54, 1.807) is 0 Å². The third-order valence-corrected chi connectivity index (χ3v) is 6.03. The molecule has 0 bridgehead atoms. The third-order valence-electron chi connectivity index (χ3n) is 6.03. The molecule has 1 heterocycles. The Morgan fingerprint density at radius 3 is 2.24 bits per heavy atom. The number of benzene rings is 2. The molecular weight excluding hydrogens is 416 g/mol. The largest absolute Gasteiger partial charge is 0.490 e. The van der Waals surface area contributed by atoms with Gasteiger partial charge in [-0.15, -0.1) is 0 Å². The number of amides is 2. The molecule has 2 amide bonds. The molecule has 1 aliphatic heterocycles. The van der Waals surface area contributed by atoms with E-state index in [0.29, 0.717) is 44.9 Å². The van der Waals surface area contributed by atoms with Gasteiger partial charge in [-0.2, -0.15) is 0 Å². The van der Waals surface area contributed by atoms with Gasteiger partial charge in [-0.05, 0) is 50.3 Å². The molecule has 1 saturated heterocycles. The maximum atomic E-state index is 13.0. The second-order valence-electron chi connectivity index (χ2n) is 8.37. The van der Waals surface area contributed by atoms with E-state index >= 15 is 0 Å². The van der Waals surface area contributed by atoms with E-state index in [1.807, 2.05) is 66.4 Å². The number of likely N-dealkylation sites (tertiary alicyclic amines) is 1. The molecule has 33 heavy (non-hydrogen) atoms.